The number of rotatable bonds is 5. The van der Waals surface area contributed by atoms with Crippen molar-refractivity contribution in [1.82, 2.24) is 9.80 Å². The molecule has 2 atom stereocenters. The van der Waals surface area contributed by atoms with Gasteiger partial charge in [0.1, 0.15) is 0 Å². The van der Waals surface area contributed by atoms with Crippen molar-refractivity contribution in [1.29, 1.82) is 0 Å². The highest BCUT2D eigenvalue weighted by molar-refractivity contribution is 7.98. The van der Waals surface area contributed by atoms with Gasteiger partial charge in [0.2, 0.25) is 5.91 Å². The van der Waals surface area contributed by atoms with Crippen molar-refractivity contribution in [2.24, 2.45) is 5.73 Å². The monoisotopic (exact) mass is 299 g/mol. The highest BCUT2D eigenvalue weighted by Gasteiger charge is 2.27. The Hall–Kier alpha value is -0.260. The van der Waals surface area contributed by atoms with E-state index in [2.05, 4.69) is 11.2 Å². The van der Waals surface area contributed by atoms with E-state index in [-0.39, 0.29) is 11.9 Å². The molecule has 0 radical (unpaired) electrons. The van der Waals surface area contributed by atoms with Crippen LogP contribution in [0.1, 0.15) is 38.5 Å². The summed E-state index contributed by atoms with van der Waals surface area (Å²) in [4.78, 5) is 17.0. The number of carbonyl (C=O) groups excluding carboxylic acids is 1. The number of nitrogens with two attached hydrogens (primary N) is 1. The summed E-state index contributed by atoms with van der Waals surface area (Å²) < 4.78 is 0. The number of thioether (sulfide) groups is 1. The number of carbonyl (C=O) groups is 1. The van der Waals surface area contributed by atoms with Gasteiger partial charge in [-0.25, -0.2) is 0 Å². The molecule has 2 saturated heterocycles. The van der Waals surface area contributed by atoms with E-state index >= 15 is 0 Å². The fraction of sp³-hybridized carbons (Fsp3) is 0.933. The summed E-state index contributed by atoms with van der Waals surface area (Å²) >= 11 is 1.76. The molecule has 1 unspecified atom stereocenters. The largest absolute Gasteiger partial charge is 0.341 e. The molecule has 1 amide bonds. The topological polar surface area (TPSA) is 49.6 Å². The van der Waals surface area contributed by atoms with Crippen LogP contribution in [0, 0.1) is 0 Å². The average Bonchev–Trinajstić information content (AvgIpc) is 2.88. The molecule has 0 aromatic rings. The van der Waals surface area contributed by atoms with Gasteiger partial charge >= 0.3 is 0 Å². The first kappa shape index (κ1) is 16.1. The second-order valence-electron chi connectivity index (χ2n) is 6.04. The zero-order valence-electron chi connectivity index (χ0n) is 12.7. The summed E-state index contributed by atoms with van der Waals surface area (Å²) in [5.74, 6) is 1.14. The summed E-state index contributed by atoms with van der Waals surface area (Å²) in [5, 5.41) is 0. The van der Waals surface area contributed by atoms with E-state index in [4.69, 9.17) is 5.73 Å². The standard InChI is InChI=1S/C15H29N3OS/c1-20-12-7-14(16)15(19)18-10-4-5-13(6-11-18)17-8-2-3-9-17/h13-14H,2-12,16H2,1H3/t13?,14-/m0/s1. The zero-order chi connectivity index (χ0) is 14.4. The Labute approximate surface area is 127 Å². The number of hydrogen-bond acceptors (Lipinski definition) is 4. The van der Waals surface area contributed by atoms with E-state index < -0.39 is 0 Å². The van der Waals surface area contributed by atoms with Crippen LogP contribution < -0.4 is 5.73 Å². The van der Waals surface area contributed by atoms with Crippen molar-refractivity contribution in [3.05, 3.63) is 0 Å². The van der Waals surface area contributed by atoms with Crippen LogP contribution in [-0.2, 0) is 4.79 Å². The van der Waals surface area contributed by atoms with Gasteiger partial charge in [-0.3, -0.25) is 4.79 Å². The van der Waals surface area contributed by atoms with Gasteiger partial charge in [0.15, 0.2) is 0 Å². The Morgan fingerprint density at radius 3 is 2.65 bits per heavy atom. The van der Waals surface area contributed by atoms with Crippen molar-refractivity contribution in [3.8, 4) is 0 Å². The van der Waals surface area contributed by atoms with Crippen LogP contribution in [0.5, 0.6) is 0 Å². The van der Waals surface area contributed by atoms with Gasteiger partial charge in [-0.2, -0.15) is 11.8 Å². The first-order chi connectivity index (χ1) is 9.72. The van der Waals surface area contributed by atoms with Crippen LogP contribution in [0.2, 0.25) is 0 Å². The van der Waals surface area contributed by atoms with E-state index in [0.717, 1.165) is 38.1 Å². The smallest absolute Gasteiger partial charge is 0.239 e. The Kier molecular flexibility index (Phi) is 6.65. The quantitative estimate of drug-likeness (QED) is 0.837. The lowest BCUT2D eigenvalue weighted by molar-refractivity contribution is -0.132. The van der Waals surface area contributed by atoms with E-state index in [0.29, 0.717) is 6.04 Å². The third-order valence-electron chi connectivity index (χ3n) is 4.62. The SMILES string of the molecule is CSCC[C@H](N)C(=O)N1CCCC(N2CCCC2)CC1. The van der Waals surface area contributed by atoms with Crippen molar-refractivity contribution in [3.63, 3.8) is 0 Å². The van der Waals surface area contributed by atoms with Crippen molar-refractivity contribution in [2.75, 3.05) is 38.2 Å². The maximum absolute atomic E-state index is 12.4. The third kappa shape index (κ3) is 4.37. The molecule has 2 rings (SSSR count). The predicted molar refractivity (Wildman–Crippen MR) is 86.0 cm³/mol. The predicted octanol–water partition coefficient (Wildman–Crippen LogP) is 1.54. The number of nitrogens with zero attached hydrogens (tertiary/aromatic N) is 2. The molecule has 0 aromatic heterocycles. The Bertz CT molecular complexity index is 307. The second-order valence-corrected chi connectivity index (χ2v) is 7.03. The van der Waals surface area contributed by atoms with Crippen LogP contribution in [0.25, 0.3) is 0 Å². The summed E-state index contributed by atoms with van der Waals surface area (Å²) in [6.07, 6.45) is 9.04. The summed E-state index contributed by atoms with van der Waals surface area (Å²) in [5.41, 5.74) is 6.03. The van der Waals surface area contributed by atoms with Crippen LogP contribution >= 0.6 is 11.8 Å². The van der Waals surface area contributed by atoms with Gasteiger partial charge in [-0.15, -0.1) is 0 Å². The van der Waals surface area contributed by atoms with E-state index in [1.54, 1.807) is 11.8 Å². The first-order valence-corrected chi connectivity index (χ1v) is 9.39. The van der Waals surface area contributed by atoms with Gasteiger partial charge < -0.3 is 15.5 Å². The molecule has 116 valence electrons. The molecule has 20 heavy (non-hydrogen) atoms. The molecule has 2 aliphatic rings. The maximum Gasteiger partial charge on any atom is 0.239 e. The van der Waals surface area contributed by atoms with Gasteiger partial charge in [0.25, 0.3) is 0 Å². The molecule has 0 saturated carbocycles. The Morgan fingerprint density at radius 1 is 1.20 bits per heavy atom. The Balaban J connectivity index is 1.80. The van der Waals surface area contributed by atoms with Crippen molar-refractivity contribution in [2.45, 2.75) is 50.6 Å². The summed E-state index contributed by atoms with van der Waals surface area (Å²) in [6, 6.07) is 0.392. The third-order valence-corrected chi connectivity index (χ3v) is 5.26. The second kappa shape index (κ2) is 8.25. The fourth-order valence-corrected chi connectivity index (χ4v) is 3.86. The average molecular weight is 299 g/mol. The first-order valence-electron chi connectivity index (χ1n) is 7.99. The molecular weight excluding hydrogens is 270 g/mol. The van der Waals surface area contributed by atoms with E-state index in [1.165, 1.54) is 32.4 Å². The minimum Gasteiger partial charge on any atom is -0.341 e. The van der Waals surface area contributed by atoms with Crippen LogP contribution in [-0.4, -0.2) is 66.0 Å². The van der Waals surface area contributed by atoms with Crippen LogP contribution in [0.3, 0.4) is 0 Å². The van der Waals surface area contributed by atoms with Crippen molar-refractivity contribution < 1.29 is 4.79 Å². The number of amides is 1. The van der Waals surface area contributed by atoms with Gasteiger partial charge in [-0.1, -0.05) is 0 Å². The lowest BCUT2D eigenvalue weighted by atomic mass is 10.1. The molecule has 4 nitrogen and oxygen atoms in total. The van der Waals surface area contributed by atoms with Gasteiger partial charge in [-0.05, 0) is 63.6 Å². The van der Waals surface area contributed by atoms with Gasteiger partial charge in [0.05, 0.1) is 6.04 Å². The van der Waals surface area contributed by atoms with Gasteiger partial charge in [0, 0.05) is 19.1 Å². The number of likely N-dealkylation sites (tertiary alicyclic amines) is 2. The molecular formula is C15H29N3OS. The maximum atomic E-state index is 12.4. The molecule has 2 heterocycles. The molecule has 2 aliphatic heterocycles. The molecule has 0 bridgehead atoms. The minimum absolute atomic E-state index is 0.168. The normalized spacial score (nSPS) is 26.5. The number of hydrogen-bond donors (Lipinski definition) is 1. The summed E-state index contributed by atoms with van der Waals surface area (Å²) in [6.45, 7) is 4.31. The molecule has 2 fully saturated rings. The zero-order valence-corrected chi connectivity index (χ0v) is 13.5. The molecule has 5 heteroatoms. The van der Waals surface area contributed by atoms with Crippen LogP contribution in [0.15, 0.2) is 0 Å². The van der Waals surface area contributed by atoms with Crippen molar-refractivity contribution >= 4 is 17.7 Å². The minimum atomic E-state index is -0.300. The lowest BCUT2D eigenvalue weighted by Crippen LogP contribution is -2.44. The fourth-order valence-electron chi connectivity index (χ4n) is 3.37. The van der Waals surface area contributed by atoms with E-state index in [1.807, 2.05) is 4.90 Å². The lowest BCUT2D eigenvalue weighted by Gasteiger charge is -2.27. The highest BCUT2D eigenvalue weighted by Crippen LogP contribution is 2.21. The molecule has 0 spiro atoms. The summed E-state index contributed by atoms with van der Waals surface area (Å²) in [7, 11) is 0. The molecule has 0 aliphatic carbocycles. The van der Waals surface area contributed by atoms with E-state index in [9.17, 15) is 4.79 Å². The van der Waals surface area contributed by atoms with Crippen LogP contribution in [0.4, 0.5) is 0 Å². The highest BCUT2D eigenvalue weighted by atomic mass is 32.2. The molecule has 0 aromatic carbocycles. The molecule has 2 N–H and O–H groups in total. The Morgan fingerprint density at radius 2 is 1.95 bits per heavy atom.